The van der Waals surface area contributed by atoms with Gasteiger partial charge in [0.25, 0.3) is 5.91 Å². The van der Waals surface area contributed by atoms with E-state index in [9.17, 15) is 4.79 Å². The van der Waals surface area contributed by atoms with Gasteiger partial charge in [0.1, 0.15) is 5.65 Å². The summed E-state index contributed by atoms with van der Waals surface area (Å²) < 4.78 is 7.49. The van der Waals surface area contributed by atoms with E-state index in [-0.39, 0.29) is 0 Å². The molecule has 0 spiro atoms. The van der Waals surface area contributed by atoms with Gasteiger partial charge in [-0.3, -0.25) is 10.0 Å². The number of anilines is 1. The highest BCUT2D eigenvalue weighted by atomic mass is 16.5. The molecule has 1 fully saturated rings. The number of fused-ring (bicyclic) bond motifs is 1. The Balaban J connectivity index is 1.54. The third-order valence-electron chi connectivity index (χ3n) is 4.63. The Kier molecular flexibility index (Phi) is 4.55. The fourth-order valence-corrected chi connectivity index (χ4v) is 3.21. The first-order valence-electron chi connectivity index (χ1n) is 8.55. The molecule has 1 aliphatic rings. The number of morpholine rings is 1. The minimum Gasteiger partial charge on any atom is -0.378 e. The maximum absolute atomic E-state index is 11.4. The fraction of sp³-hybridized carbons (Fsp3) is 0.263. The number of nitrogens with one attached hydrogen (secondary N) is 1. The number of carbonyl (C=O) groups excluding carboxylic acids is 1. The molecule has 7 nitrogen and oxygen atoms in total. The molecule has 1 amide bonds. The lowest BCUT2D eigenvalue weighted by molar-refractivity contribution is 0.0706. The fourth-order valence-electron chi connectivity index (χ4n) is 3.21. The van der Waals surface area contributed by atoms with E-state index >= 15 is 0 Å². The van der Waals surface area contributed by atoms with Crippen molar-refractivity contribution in [3.63, 3.8) is 0 Å². The summed E-state index contributed by atoms with van der Waals surface area (Å²) in [5, 5.41) is 9.78. The van der Waals surface area contributed by atoms with Crippen LogP contribution < -0.4 is 10.4 Å². The van der Waals surface area contributed by atoms with Gasteiger partial charge in [0.15, 0.2) is 0 Å². The Morgan fingerprint density at radius 1 is 1.19 bits per heavy atom. The largest absolute Gasteiger partial charge is 0.378 e. The van der Waals surface area contributed by atoms with E-state index in [0.29, 0.717) is 12.1 Å². The van der Waals surface area contributed by atoms with Crippen molar-refractivity contribution in [3.05, 3.63) is 59.9 Å². The maximum atomic E-state index is 11.4. The Labute approximate surface area is 150 Å². The third kappa shape index (κ3) is 3.26. The van der Waals surface area contributed by atoms with Gasteiger partial charge >= 0.3 is 0 Å². The van der Waals surface area contributed by atoms with Crippen molar-refractivity contribution < 1.29 is 14.7 Å². The number of pyridine rings is 1. The summed E-state index contributed by atoms with van der Waals surface area (Å²) in [6, 6.07) is 11.4. The average Bonchev–Trinajstić information content (AvgIpc) is 3.10. The third-order valence-corrected chi connectivity index (χ3v) is 4.63. The van der Waals surface area contributed by atoms with Gasteiger partial charge in [-0.1, -0.05) is 12.1 Å². The minimum atomic E-state index is -0.514. The second-order valence-electron chi connectivity index (χ2n) is 6.29. The molecular formula is C19H20N4O3. The molecule has 2 aromatic heterocycles. The Bertz CT molecular complexity index is 914. The van der Waals surface area contributed by atoms with Crippen LogP contribution in [0.25, 0.3) is 11.0 Å². The van der Waals surface area contributed by atoms with E-state index in [4.69, 9.17) is 9.94 Å². The number of hydrogen-bond acceptors (Lipinski definition) is 5. The van der Waals surface area contributed by atoms with E-state index in [1.165, 1.54) is 0 Å². The van der Waals surface area contributed by atoms with Gasteiger partial charge in [-0.25, -0.2) is 10.5 Å². The molecular weight excluding hydrogens is 332 g/mol. The number of rotatable bonds is 4. The predicted molar refractivity (Wildman–Crippen MR) is 97.6 cm³/mol. The van der Waals surface area contributed by atoms with Gasteiger partial charge in [0, 0.05) is 36.8 Å². The summed E-state index contributed by atoms with van der Waals surface area (Å²) in [6.07, 6.45) is 3.94. The zero-order valence-corrected chi connectivity index (χ0v) is 14.3. The molecule has 26 heavy (non-hydrogen) atoms. The van der Waals surface area contributed by atoms with Gasteiger partial charge in [-0.15, -0.1) is 0 Å². The number of carbonyl (C=O) groups is 1. The number of nitrogens with zero attached hydrogens (tertiary/aromatic N) is 3. The number of benzene rings is 1. The average molecular weight is 352 g/mol. The van der Waals surface area contributed by atoms with Crippen molar-refractivity contribution in [2.45, 2.75) is 6.54 Å². The summed E-state index contributed by atoms with van der Waals surface area (Å²) >= 11 is 0. The Morgan fingerprint density at radius 3 is 2.69 bits per heavy atom. The quantitative estimate of drug-likeness (QED) is 0.555. The normalized spacial score (nSPS) is 14.6. The Morgan fingerprint density at radius 2 is 1.96 bits per heavy atom. The van der Waals surface area contributed by atoms with E-state index in [2.05, 4.69) is 26.6 Å². The van der Waals surface area contributed by atoms with Crippen LogP contribution in [0, 0.1) is 0 Å². The van der Waals surface area contributed by atoms with Crippen LogP contribution in [0.4, 0.5) is 5.69 Å². The molecule has 0 atom stereocenters. The summed E-state index contributed by atoms with van der Waals surface area (Å²) in [6.45, 7) is 3.95. The van der Waals surface area contributed by atoms with Crippen molar-refractivity contribution >= 4 is 22.6 Å². The van der Waals surface area contributed by atoms with Gasteiger partial charge in [0.2, 0.25) is 0 Å². The molecule has 134 valence electrons. The molecule has 7 heteroatoms. The second-order valence-corrected chi connectivity index (χ2v) is 6.29. The number of hydrogen-bond donors (Lipinski definition) is 2. The predicted octanol–water partition coefficient (Wildman–Crippen LogP) is 2.04. The molecule has 3 heterocycles. The lowest BCUT2D eigenvalue weighted by Gasteiger charge is -2.28. The molecule has 4 rings (SSSR count). The molecule has 3 aromatic rings. The monoisotopic (exact) mass is 352 g/mol. The minimum absolute atomic E-state index is 0.418. The molecule has 0 radical (unpaired) electrons. The number of hydroxylamine groups is 1. The number of amides is 1. The lowest BCUT2D eigenvalue weighted by Crippen LogP contribution is -2.36. The van der Waals surface area contributed by atoms with Crippen LogP contribution in [0.5, 0.6) is 0 Å². The van der Waals surface area contributed by atoms with Gasteiger partial charge < -0.3 is 14.2 Å². The summed E-state index contributed by atoms with van der Waals surface area (Å²) in [7, 11) is 0. The number of aromatic nitrogens is 2. The maximum Gasteiger partial charge on any atom is 0.274 e. The summed E-state index contributed by atoms with van der Waals surface area (Å²) in [4.78, 5) is 18.3. The van der Waals surface area contributed by atoms with Crippen LogP contribution in [-0.4, -0.2) is 47.0 Å². The van der Waals surface area contributed by atoms with Crippen LogP contribution in [0.3, 0.4) is 0 Å². The van der Waals surface area contributed by atoms with Crippen LogP contribution in [0.2, 0.25) is 0 Å². The first-order valence-corrected chi connectivity index (χ1v) is 8.55. The molecule has 0 saturated carbocycles. The van der Waals surface area contributed by atoms with Crippen molar-refractivity contribution in [2.75, 3.05) is 31.2 Å². The van der Waals surface area contributed by atoms with Crippen LogP contribution >= 0.6 is 0 Å². The van der Waals surface area contributed by atoms with E-state index in [0.717, 1.165) is 48.6 Å². The molecule has 1 aliphatic heterocycles. The standard InChI is InChI=1S/C19H20N4O3/c24-19(21-25)15-3-1-14(2-4-15)13-23-6-5-16-11-17(12-20-18(16)23)22-7-9-26-10-8-22/h1-6,11-12,25H,7-10,13H2,(H,21,24). The summed E-state index contributed by atoms with van der Waals surface area (Å²) in [5.41, 5.74) is 5.16. The lowest BCUT2D eigenvalue weighted by atomic mass is 10.1. The van der Waals surface area contributed by atoms with E-state index < -0.39 is 5.91 Å². The molecule has 1 aromatic carbocycles. The summed E-state index contributed by atoms with van der Waals surface area (Å²) in [5.74, 6) is -0.514. The van der Waals surface area contributed by atoms with Crippen LogP contribution in [0.15, 0.2) is 48.8 Å². The van der Waals surface area contributed by atoms with Crippen molar-refractivity contribution in [1.29, 1.82) is 0 Å². The SMILES string of the molecule is O=C(NO)c1ccc(Cn2ccc3cc(N4CCOCC4)cnc32)cc1. The molecule has 2 N–H and O–H groups in total. The topological polar surface area (TPSA) is 79.6 Å². The van der Waals surface area contributed by atoms with Crippen LogP contribution in [-0.2, 0) is 11.3 Å². The van der Waals surface area contributed by atoms with Crippen molar-refractivity contribution in [1.82, 2.24) is 15.0 Å². The second kappa shape index (κ2) is 7.15. The Hall–Kier alpha value is -2.90. The van der Waals surface area contributed by atoms with Crippen LogP contribution in [0.1, 0.15) is 15.9 Å². The van der Waals surface area contributed by atoms with Crippen molar-refractivity contribution in [2.24, 2.45) is 0 Å². The molecule has 1 saturated heterocycles. The smallest absolute Gasteiger partial charge is 0.274 e. The number of ether oxygens (including phenoxy) is 1. The highest BCUT2D eigenvalue weighted by molar-refractivity contribution is 5.93. The first-order chi connectivity index (χ1) is 12.7. The van der Waals surface area contributed by atoms with Gasteiger partial charge in [-0.05, 0) is 29.8 Å². The van der Waals surface area contributed by atoms with E-state index in [1.54, 1.807) is 17.6 Å². The van der Waals surface area contributed by atoms with Gasteiger partial charge in [0.05, 0.1) is 25.1 Å². The first kappa shape index (κ1) is 16.6. The molecule has 0 bridgehead atoms. The molecule has 0 unspecified atom stereocenters. The highest BCUT2D eigenvalue weighted by Crippen LogP contribution is 2.22. The zero-order chi connectivity index (χ0) is 17.9. The highest BCUT2D eigenvalue weighted by Gasteiger charge is 2.13. The molecule has 0 aliphatic carbocycles. The zero-order valence-electron chi connectivity index (χ0n) is 14.3. The van der Waals surface area contributed by atoms with Gasteiger partial charge in [-0.2, -0.15) is 0 Å². The van der Waals surface area contributed by atoms with E-state index in [1.807, 2.05) is 24.5 Å². The van der Waals surface area contributed by atoms with Crippen molar-refractivity contribution in [3.8, 4) is 0 Å².